The van der Waals surface area contributed by atoms with Crippen molar-refractivity contribution in [1.29, 1.82) is 0 Å². The molecule has 7 nitrogen and oxygen atoms in total. The van der Waals surface area contributed by atoms with E-state index >= 15 is 0 Å². The van der Waals surface area contributed by atoms with Gasteiger partial charge in [0.2, 0.25) is 10.0 Å². The van der Waals surface area contributed by atoms with E-state index in [-0.39, 0.29) is 10.6 Å². The van der Waals surface area contributed by atoms with Gasteiger partial charge in [-0.1, -0.05) is 0 Å². The molecule has 0 bridgehead atoms. The molecule has 22 heavy (non-hydrogen) atoms. The third-order valence-electron chi connectivity index (χ3n) is 4.07. The summed E-state index contributed by atoms with van der Waals surface area (Å²) in [6, 6.07) is 3.96. The number of aryl methyl sites for hydroxylation is 1. The molecule has 1 aromatic rings. The van der Waals surface area contributed by atoms with Crippen molar-refractivity contribution < 1.29 is 13.3 Å². The minimum absolute atomic E-state index is 0.0633. The maximum absolute atomic E-state index is 12.6. The monoisotopic (exact) mass is 327 g/mol. The van der Waals surface area contributed by atoms with Crippen LogP contribution in [-0.2, 0) is 10.0 Å². The lowest BCUT2D eigenvalue weighted by molar-refractivity contribution is -0.385. The van der Waals surface area contributed by atoms with Crippen LogP contribution >= 0.6 is 0 Å². The number of sulfonamides is 1. The van der Waals surface area contributed by atoms with Crippen LogP contribution in [0.4, 0.5) is 5.69 Å². The number of nitro benzene ring substituents is 1. The molecule has 1 aliphatic rings. The fourth-order valence-corrected chi connectivity index (χ4v) is 4.34. The van der Waals surface area contributed by atoms with Crippen molar-refractivity contribution in [2.24, 2.45) is 5.92 Å². The van der Waals surface area contributed by atoms with E-state index in [1.54, 1.807) is 6.92 Å². The SMILES string of the molecule is CNCC1CCN(S(=O)(=O)c2ccc([N+](=O)[O-])c(C)c2)CC1. The van der Waals surface area contributed by atoms with Gasteiger partial charge in [-0.05, 0) is 51.4 Å². The Morgan fingerprint density at radius 2 is 2.00 bits per heavy atom. The van der Waals surface area contributed by atoms with Gasteiger partial charge >= 0.3 is 0 Å². The van der Waals surface area contributed by atoms with Crippen LogP contribution in [0.25, 0.3) is 0 Å². The van der Waals surface area contributed by atoms with Crippen molar-refractivity contribution in [2.45, 2.75) is 24.7 Å². The van der Waals surface area contributed by atoms with Gasteiger partial charge in [0.25, 0.3) is 5.69 Å². The Morgan fingerprint density at radius 1 is 1.36 bits per heavy atom. The predicted octanol–water partition coefficient (Wildman–Crippen LogP) is 1.52. The van der Waals surface area contributed by atoms with Crippen LogP contribution in [0, 0.1) is 23.0 Å². The Hall–Kier alpha value is -1.51. The molecule has 1 N–H and O–H groups in total. The largest absolute Gasteiger partial charge is 0.319 e. The standard InChI is InChI=1S/C14H21N3O4S/c1-11-9-13(3-4-14(11)17(18)19)22(20,21)16-7-5-12(6-8-16)10-15-2/h3-4,9,12,15H,5-8,10H2,1-2H3. The summed E-state index contributed by atoms with van der Waals surface area (Å²) in [5, 5.41) is 13.9. The Labute approximate surface area is 130 Å². The van der Waals surface area contributed by atoms with E-state index in [1.165, 1.54) is 22.5 Å². The number of piperidine rings is 1. The summed E-state index contributed by atoms with van der Waals surface area (Å²) in [6.45, 7) is 3.43. The highest BCUT2D eigenvalue weighted by Crippen LogP contribution is 2.26. The Balaban J connectivity index is 2.18. The number of rotatable bonds is 5. The highest BCUT2D eigenvalue weighted by Gasteiger charge is 2.29. The highest BCUT2D eigenvalue weighted by molar-refractivity contribution is 7.89. The minimum Gasteiger partial charge on any atom is -0.319 e. The molecule has 0 aromatic heterocycles. The van der Waals surface area contributed by atoms with E-state index in [2.05, 4.69) is 5.32 Å². The molecule has 0 unspecified atom stereocenters. The zero-order chi connectivity index (χ0) is 16.3. The van der Waals surface area contributed by atoms with Gasteiger partial charge < -0.3 is 5.32 Å². The molecule has 0 spiro atoms. The van der Waals surface area contributed by atoms with Crippen LogP contribution in [0.1, 0.15) is 18.4 Å². The second-order valence-corrected chi connectivity index (χ2v) is 7.55. The average molecular weight is 327 g/mol. The van der Waals surface area contributed by atoms with Crippen molar-refractivity contribution in [3.8, 4) is 0 Å². The zero-order valence-electron chi connectivity index (χ0n) is 12.8. The van der Waals surface area contributed by atoms with Crippen molar-refractivity contribution in [1.82, 2.24) is 9.62 Å². The fourth-order valence-electron chi connectivity index (χ4n) is 2.78. The van der Waals surface area contributed by atoms with Crippen LogP contribution in [-0.4, -0.2) is 44.3 Å². The molecule has 1 aromatic carbocycles. The van der Waals surface area contributed by atoms with Gasteiger partial charge in [-0.15, -0.1) is 0 Å². The van der Waals surface area contributed by atoms with E-state index in [1.807, 2.05) is 7.05 Å². The molecular weight excluding hydrogens is 306 g/mol. The molecule has 0 atom stereocenters. The summed E-state index contributed by atoms with van der Waals surface area (Å²) < 4.78 is 26.7. The predicted molar refractivity (Wildman–Crippen MR) is 83.2 cm³/mol. The van der Waals surface area contributed by atoms with Gasteiger partial charge in [0.05, 0.1) is 9.82 Å². The van der Waals surface area contributed by atoms with E-state index in [9.17, 15) is 18.5 Å². The van der Waals surface area contributed by atoms with E-state index in [0.29, 0.717) is 24.6 Å². The summed E-state index contributed by atoms with van der Waals surface area (Å²) in [5.74, 6) is 0.495. The van der Waals surface area contributed by atoms with Crippen LogP contribution in [0.5, 0.6) is 0 Å². The first-order valence-electron chi connectivity index (χ1n) is 7.26. The fraction of sp³-hybridized carbons (Fsp3) is 0.571. The summed E-state index contributed by atoms with van der Waals surface area (Å²) in [5.41, 5.74) is 0.294. The summed E-state index contributed by atoms with van der Waals surface area (Å²) in [7, 11) is -1.68. The number of hydrogen-bond donors (Lipinski definition) is 1. The average Bonchev–Trinajstić information content (AvgIpc) is 2.47. The van der Waals surface area contributed by atoms with Crippen LogP contribution in [0.2, 0.25) is 0 Å². The number of benzene rings is 1. The molecule has 1 aliphatic heterocycles. The number of nitrogens with zero attached hydrogens (tertiary/aromatic N) is 2. The molecule has 8 heteroatoms. The second-order valence-electron chi connectivity index (χ2n) is 5.61. The maximum atomic E-state index is 12.6. The van der Waals surface area contributed by atoms with Crippen LogP contribution < -0.4 is 5.32 Å². The lowest BCUT2D eigenvalue weighted by atomic mass is 9.98. The Bertz CT molecular complexity index is 652. The van der Waals surface area contributed by atoms with Gasteiger partial charge in [0.15, 0.2) is 0 Å². The van der Waals surface area contributed by atoms with Gasteiger partial charge in [-0.25, -0.2) is 8.42 Å². The third-order valence-corrected chi connectivity index (χ3v) is 5.96. The highest BCUT2D eigenvalue weighted by atomic mass is 32.2. The first-order valence-corrected chi connectivity index (χ1v) is 8.70. The number of nitro groups is 1. The van der Waals surface area contributed by atoms with Crippen molar-refractivity contribution in [2.75, 3.05) is 26.7 Å². The molecule has 0 radical (unpaired) electrons. The third kappa shape index (κ3) is 3.45. The molecule has 1 fully saturated rings. The molecule has 122 valence electrons. The quantitative estimate of drug-likeness (QED) is 0.654. The van der Waals surface area contributed by atoms with E-state index in [0.717, 1.165) is 19.4 Å². The summed E-state index contributed by atoms with van der Waals surface area (Å²) in [6.07, 6.45) is 1.65. The molecule has 1 saturated heterocycles. The first kappa shape index (κ1) is 16.9. The Kier molecular flexibility index (Phi) is 5.15. The summed E-state index contributed by atoms with van der Waals surface area (Å²) in [4.78, 5) is 10.4. The summed E-state index contributed by atoms with van der Waals surface area (Å²) >= 11 is 0. The molecule has 2 rings (SSSR count). The molecular formula is C14H21N3O4S. The lowest BCUT2D eigenvalue weighted by Gasteiger charge is -2.31. The molecule has 1 heterocycles. The van der Waals surface area contributed by atoms with E-state index in [4.69, 9.17) is 0 Å². The topological polar surface area (TPSA) is 92.6 Å². The second kappa shape index (κ2) is 6.72. The van der Waals surface area contributed by atoms with Crippen molar-refractivity contribution >= 4 is 15.7 Å². The van der Waals surface area contributed by atoms with Crippen molar-refractivity contribution in [3.63, 3.8) is 0 Å². The minimum atomic E-state index is -3.58. The number of nitrogens with one attached hydrogen (secondary N) is 1. The maximum Gasteiger partial charge on any atom is 0.272 e. The normalized spacial score (nSPS) is 17.5. The van der Waals surface area contributed by atoms with Gasteiger partial charge in [0.1, 0.15) is 0 Å². The van der Waals surface area contributed by atoms with Crippen molar-refractivity contribution in [3.05, 3.63) is 33.9 Å². The molecule has 0 amide bonds. The molecule has 0 saturated carbocycles. The zero-order valence-corrected chi connectivity index (χ0v) is 13.6. The van der Waals surface area contributed by atoms with Gasteiger partial charge in [-0.2, -0.15) is 4.31 Å². The lowest BCUT2D eigenvalue weighted by Crippen LogP contribution is -2.40. The van der Waals surface area contributed by atoms with E-state index < -0.39 is 14.9 Å². The van der Waals surface area contributed by atoms with Crippen LogP contribution in [0.3, 0.4) is 0 Å². The molecule has 0 aliphatic carbocycles. The van der Waals surface area contributed by atoms with Gasteiger partial charge in [-0.3, -0.25) is 10.1 Å². The van der Waals surface area contributed by atoms with Crippen LogP contribution in [0.15, 0.2) is 23.1 Å². The first-order chi connectivity index (χ1) is 10.4. The van der Waals surface area contributed by atoms with Gasteiger partial charge in [0, 0.05) is 24.7 Å². The smallest absolute Gasteiger partial charge is 0.272 e. The Morgan fingerprint density at radius 3 is 2.50 bits per heavy atom. The number of hydrogen-bond acceptors (Lipinski definition) is 5.